The van der Waals surface area contributed by atoms with Crippen LogP contribution in [-0.2, 0) is 13.1 Å². The van der Waals surface area contributed by atoms with Crippen LogP contribution < -0.4 is 5.32 Å². The number of nitrogens with zero attached hydrogens (tertiary/aromatic N) is 2. The van der Waals surface area contributed by atoms with E-state index in [9.17, 15) is 0 Å². The summed E-state index contributed by atoms with van der Waals surface area (Å²) in [6.07, 6.45) is 4.03. The monoisotopic (exact) mass is 307 g/mol. The molecule has 18 heavy (non-hydrogen) atoms. The van der Waals surface area contributed by atoms with Gasteiger partial charge in [-0.1, -0.05) is 28.1 Å². The molecule has 0 bridgehead atoms. The van der Waals surface area contributed by atoms with Crippen molar-refractivity contribution < 1.29 is 0 Å². The molecule has 0 amide bonds. The van der Waals surface area contributed by atoms with Crippen LogP contribution in [0.3, 0.4) is 0 Å². The molecular weight excluding hydrogens is 290 g/mol. The molecule has 0 saturated heterocycles. The van der Waals surface area contributed by atoms with Crippen molar-refractivity contribution in [2.75, 3.05) is 0 Å². The third-order valence-corrected chi connectivity index (χ3v) is 3.53. The summed E-state index contributed by atoms with van der Waals surface area (Å²) >= 11 is 3.44. The molecule has 3 nitrogen and oxygen atoms in total. The fraction of sp³-hybridized carbons (Fsp3) is 0.357. The van der Waals surface area contributed by atoms with E-state index in [0.29, 0.717) is 6.04 Å². The number of aromatic nitrogens is 2. The van der Waals surface area contributed by atoms with Crippen molar-refractivity contribution >= 4 is 15.9 Å². The van der Waals surface area contributed by atoms with Gasteiger partial charge in [0.1, 0.15) is 0 Å². The van der Waals surface area contributed by atoms with Gasteiger partial charge in [-0.15, -0.1) is 0 Å². The molecule has 1 atom stereocenters. The summed E-state index contributed by atoms with van der Waals surface area (Å²) in [5, 5.41) is 7.80. The van der Waals surface area contributed by atoms with Gasteiger partial charge in [-0.3, -0.25) is 4.68 Å². The molecule has 0 fully saturated rings. The van der Waals surface area contributed by atoms with Crippen molar-refractivity contribution in [3.8, 4) is 0 Å². The van der Waals surface area contributed by atoms with Crippen LogP contribution in [0.5, 0.6) is 0 Å². The Balaban J connectivity index is 1.91. The number of hydrogen-bond donors (Lipinski definition) is 1. The Morgan fingerprint density at radius 3 is 2.67 bits per heavy atom. The first kappa shape index (κ1) is 13.3. The zero-order chi connectivity index (χ0) is 13.0. The predicted octanol–water partition coefficient (Wildman–Crippen LogP) is 3.52. The number of nitrogens with one attached hydrogen (secondary N) is 1. The van der Waals surface area contributed by atoms with Gasteiger partial charge in [-0.05, 0) is 31.5 Å². The normalized spacial score (nSPS) is 12.6. The smallest absolute Gasteiger partial charge is 0.0537 e. The summed E-state index contributed by atoms with van der Waals surface area (Å²) in [6.45, 7) is 6.04. The molecule has 4 heteroatoms. The lowest BCUT2D eigenvalue weighted by Crippen LogP contribution is -2.17. The average molecular weight is 308 g/mol. The van der Waals surface area contributed by atoms with Crippen LogP contribution in [0.2, 0.25) is 0 Å². The predicted molar refractivity (Wildman–Crippen MR) is 77.3 cm³/mol. The van der Waals surface area contributed by atoms with Gasteiger partial charge >= 0.3 is 0 Å². The Kier molecular flexibility index (Phi) is 4.55. The summed E-state index contributed by atoms with van der Waals surface area (Å²) in [7, 11) is 0. The molecule has 1 unspecified atom stereocenters. The van der Waals surface area contributed by atoms with Gasteiger partial charge < -0.3 is 5.32 Å². The van der Waals surface area contributed by atoms with Crippen LogP contribution in [0.15, 0.2) is 41.1 Å². The van der Waals surface area contributed by atoms with Gasteiger partial charge in [-0.2, -0.15) is 5.10 Å². The Morgan fingerprint density at radius 2 is 2.06 bits per heavy atom. The molecule has 2 rings (SSSR count). The van der Waals surface area contributed by atoms with E-state index in [2.05, 4.69) is 70.7 Å². The largest absolute Gasteiger partial charge is 0.306 e. The van der Waals surface area contributed by atoms with Crippen molar-refractivity contribution in [3.05, 3.63) is 52.3 Å². The van der Waals surface area contributed by atoms with Crippen LogP contribution in [-0.4, -0.2) is 9.78 Å². The van der Waals surface area contributed by atoms with E-state index < -0.39 is 0 Å². The highest BCUT2D eigenvalue weighted by molar-refractivity contribution is 9.10. The van der Waals surface area contributed by atoms with Crippen molar-refractivity contribution in [2.24, 2.45) is 0 Å². The molecule has 1 heterocycles. The highest BCUT2D eigenvalue weighted by Crippen LogP contribution is 2.14. The second kappa shape index (κ2) is 6.16. The van der Waals surface area contributed by atoms with Crippen LogP contribution in [0.25, 0.3) is 0 Å². The van der Waals surface area contributed by atoms with Crippen molar-refractivity contribution in [2.45, 2.75) is 33.0 Å². The third-order valence-electron chi connectivity index (χ3n) is 3.00. The Hall–Kier alpha value is -1.13. The zero-order valence-electron chi connectivity index (χ0n) is 10.7. The number of benzene rings is 1. The number of hydrogen-bond acceptors (Lipinski definition) is 2. The molecule has 1 N–H and O–H groups in total. The Bertz CT molecular complexity index is 490. The van der Waals surface area contributed by atoms with E-state index in [1.807, 2.05) is 10.9 Å². The Morgan fingerprint density at radius 1 is 1.33 bits per heavy atom. The lowest BCUT2D eigenvalue weighted by molar-refractivity contribution is 0.573. The summed E-state index contributed by atoms with van der Waals surface area (Å²) < 4.78 is 3.07. The molecule has 1 aromatic carbocycles. The maximum atomic E-state index is 4.29. The quantitative estimate of drug-likeness (QED) is 0.916. The first-order valence-corrected chi connectivity index (χ1v) is 6.98. The Labute approximate surface area is 116 Å². The van der Waals surface area contributed by atoms with Crippen molar-refractivity contribution in [1.29, 1.82) is 0 Å². The molecule has 96 valence electrons. The lowest BCUT2D eigenvalue weighted by Gasteiger charge is -2.12. The van der Waals surface area contributed by atoms with Gasteiger partial charge in [0, 0.05) is 35.4 Å². The van der Waals surface area contributed by atoms with Gasteiger partial charge in [0.25, 0.3) is 0 Å². The fourth-order valence-electron chi connectivity index (χ4n) is 1.77. The molecule has 0 spiro atoms. The van der Waals surface area contributed by atoms with Crippen LogP contribution in [0.4, 0.5) is 0 Å². The molecule has 1 aromatic heterocycles. The standard InChI is InChI=1S/C14H18BrN3/c1-3-18-10-13(9-17-18)11(2)16-8-12-4-6-14(15)7-5-12/h4-7,9-11,16H,3,8H2,1-2H3. The molecule has 0 aliphatic rings. The van der Waals surface area contributed by atoms with E-state index in [-0.39, 0.29) is 0 Å². The summed E-state index contributed by atoms with van der Waals surface area (Å²) in [5.74, 6) is 0. The second-order valence-electron chi connectivity index (χ2n) is 4.36. The number of rotatable bonds is 5. The van der Waals surface area contributed by atoms with Crippen LogP contribution in [0, 0.1) is 0 Å². The first-order valence-electron chi connectivity index (χ1n) is 6.19. The van der Waals surface area contributed by atoms with E-state index in [1.165, 1.54) is 11.1 Å². The maximum Gasteiger partial charge on any atom is 0.0537 e. The van der Waals surface area contributed by atoms with E-state index in [1.54, 1.807) is 0 Å². The summed E-state index contributed by atoms with van der Waals surface area (Å²) in [5.41, 5.74) is 2.52. The molecule has 0 aliphatic heterocycles. The van der Waals surface area contributed by atoms with Crippen molar-refractivity contribution in [1.82, 2.24) is 15.1 Å². The molecule has 0 aliphatic carbocycles. The maximum absolute atomic E-state index is 4.29. The molecule has 2 aromatic rings. The topological polar surface area (TPSA) is 29.9 Å². The highest BCUT2D eigenvalue weighted by atomic mass is 79.9. The number of halogens is 1. The first-order chi connectivity index (χ1) is 8.69. The minimum atomic E-state index is 0.314. The van der Waals surface area contributed by atoms with Crippen LogP contribution in [0.1, 0.15) is 31.0 Å². The lowest BCUT2D eigenvalue weighted by atomic mass is 10.1. The molecule has 0 radical (unpaired) electrons. The van der Waals surface area contributed by atoms with Crippen molar-refractivity contribution in [3.63, 3.8) is 0 Å². The van der Waals surface area contributed by atoms with E-state index >= 15 is 0 Å². The molecule has 0 saturated carbocycles. The number of aryl methyl sites for hydroxylation is 1. The van der Waals surface area contributed by atoms with Gasteiger partial charge in [-0.25, -0.2) is 0 Å². The van der Waals surface area contributed by atoms with E-state index in [4.69, 9.17) is 0 Å². The minimum Gasteiger partial charge on any atom is -0.306 e. The zero-order valence-corrected chi connectivity index (χ0v) is 12.3. The minimum absolute atomic E-state index is 0.314. The summed E-state index contributed by atoms with van der Waals surface area (Å²) in [4.78, 5) is 0. The third kappa shape index (κ3) is 3.43. The average Bonchev–Trinajstić information content (AvgIpc) is 2.86. The second-order valence-corrected chi connectivity index (χ2v) is 5.27. The fourth-order valence-corrected chi connectivity index (χ4v) is 2.03. The van der Waals surface area contributed by atoms with E-state index in [0.717, 1.165) is 17.6 Å². The van der Waals surface area contributed by atoms with Crippen LogP contribution >= 0.6 is 15.9 Å². The van der Waals surface area contributed by atoms with Gasteiger partial charge in [0.2, 0.25) is 0 Å². The van der Waals surface area contributed by atoms with Gasteiger partial charge in [0.05, 0.1) is 6.20 Å². The highest BCUT2D eigenvalue weighted by Gasteiger charge is 2.07. The molecular formula is C14H18BrN3. The summed E-state index contributed by atoms with van der Waals surface area (Å²) in [6, 6.07) is 8.69. The SMILES string of the molecule is CCn1cc(C(C)NCc2ccc(Br)cc2)cn1. The van der Waals surface area contributed by atoms with Gasteiger partial charge in [0.15, 0.2) is 0 Å².